The number of rotatable bonds is 10. The SMILES string of the molecule is CCCCC1(C(C)CC)CN(c2nc(N3C4CCC3CN(CC(C)O)C4)c3c4c(c(-c5ncc(F)c6sc(N)c(C#N)c56)c(F)c3n2)COC4)C1. The van der Waals surface area contributed by atoms with Crippen LogP contribution in [0.1, 0.15) is 82.9 Å². The van der Waals surface area contributed by atoms with Crippen molar-refractivity contribution in [3.8, 4) is 17.3 Å². The van der Waals surface area contributed by atoms with Crippen molar-refractivity contribution in [2.75, 3.05) is 48.3 Å². The van der Waals surface area contributed by atoms with Crippen molar-refractivity contribution in [3.63, 3.8) is 0 Å². The molecule has 4 aliphatic heterocycles. The first-order valence-electron chi connectivity index (χ1n) is 18.4. The molecule has 13 heteroatoms. The number of aliphatic hydroxyl groups excluding tert-OH is 1. The minimum absolute atomic E-state index is 0.0916. The highest BCUT2D eigenvalue weighted by atomic mass is 32.1. The summed E-state index contributed by atoms with van der Waals surface area (Å²) < 4.78 is 39.0. The molecule has 10 nitrogen and oxygen atoms in total. The van der Waals surface area contributed by atoms with Crippen LogP contribution in [0.25, 0.3) is 32.2 Å². The lowest BCUT2D eigenvalue weighted by Crippen LogP contribution is -2.60. The molecule has 270 valence electrons. The van der Waals surface area contributed by atoms with Crippen molar-refractivity contribution in [1.29, 1.82) is 5.26 Å². The van der Waals surface area contributed by atoms with Gasteiger partial charge in [0.15, 0.2) is 11.6 Å². The molecule has 51 heavy (non-hydrogen) atoms. The first kappa shape index (κ1) is 34.4. The van der Waals surface area contributed by atoms with Crippen LogP contribution in [-0.2, 0) is 18.0 Å². The second kappa shape index (κ2) is 13.1. The Labute approximate surface area is 301 Å². The maximum atomic E-state index is 17.6. The molecule has 3 aromatic heterocycles. The Bertz CT molecular complexity index is 2040. The van der Waals surface area contributed by atoms with Gasteiger partial charge in [-0.05, 0) is 43.2 Å². The molecule has 0 spiro atoms. The molecule has 0 radical (unpaired) electrons. The van der Waals surface area contributed by atoms with Crippen LogP contribution in [0, 0.1) is 34.3 Å². The highest BCUT2D eigenvalue weighted by Gasteiger charge is 2.48. The van der Waals surface area contributed by atoms with E-state index in [2.05, 4.69) is 46.5 Å². The van der Waals surface area contributed by atoms with E-state index in [1.165, 1.54) is 0 Å². The number of β-amino-alcohol motifs (C(OH)–C–C–N with tert-alkyl or cyclic N) is 1. The predicted octanol–water partition coefficient (Wildman–Crippen LogP) is 6.75. The van der Waals surface area contributed by atoms with Gasteiger partial charge >= 0.3 is 0 Å². The molecular formula is C38H46F2N8O2S. The summed E-state index contributed by atoms with van der Waals surface area (Å²) in [6.07, 6.45) is 7.11. The zero-order valence-electron chi connectivity index (χ0n) is 29.8. The van der Waals surface area contributed by atoms with Crippen LogP contribution in [0.2, 0.25) is 0 Å². The third-order valence-electron chi connectivity index (χ3n) is 12.1. The van der Waals surface area contributed by atoms with Gasteiger partial charge in [-0.25, -0.2) is 13.8 Å². The Morgan fingerprint density at radius 3 is 2.51 bits per heavy atom. The molecule has 0 saturated carbocycles. The van der Waals surface area contributed by atoms with Gasteiger partial charge in [0.25, 0.3) is 0 Å². The summed E-state index contributed by atoms with van der Waals surface area (Å²) in [6, 6.07) is 2.41. The molecule has 7 heterocycles. The first-order valence-corrected chi connectivity index (χ1v) is 19.2. The van der Waals surface area contributed by atoms with E-state index in [4.69, 9.17) is 20.4 Å². The van der Waals surface area contributed by atoms with Crippen molar-refractivity contribution in [2.45, 2.75) is 97.6 Å². The van der Waals surface area contributed by atoms with Crippen LogP contribution >= 0.6 is 11.3 Å². The fourth-order valence-corrected chi connectivity index (χ4v) is 10.3. The summed E-state index contributed by atoms with van der Waals surface area (Å²) in [5, 5.41) is 21.3. The number of hydrogen-bond donors (Lipinski definition) is 2. The van der Waals surface area contributed by atoms with Crippen molar-refractivity contribution in [3.05, 3.63) is 34.5 Å². The maximum absolute atomic E-state index is 17.6. The lowest BCUT2D eigenvalue weighted by Gasteiger charge is -2.54. The monoisotopic (exact) mass is 716 g/mol. The minimum Gasteiger partial charge on any atom is -0.392 e. The fourth-order valence-electron chi connectivity index (χ4n) is 9.36. The minimum atomic E-state index is -0.608. The average Bonchev–Trinajstić information content (AvgIpc) is 3.78. The zero-order valence-corrected chi connectivity index (χ0v) is 30.6. The first-order chi connectivity index (χ1) is 24.6. The van der Waals surface area contributed by atoms with Gasteiger partial charge in [-0.15, -0.1) is 11.3 Å². The van der Waals surface area contributed by atoms with Crippen LogP contribution in [0.5, 0.6) is 0 Å². The summed E-state index contributed by atoms with van der Waals surface area (Å²) in [5.41, 5.74) is 8.38. The quantitative estimate of drug-likeness (QED) is 0.182. The Balaban J connectivity index is 1.34. The van der Waals surface area contributed by atoms with E-state index in [-0.39, 0.29) is 68.1 Å². The Kier molecular flexibility index (Phi) is 8.81. The number of benzene rings is 1. The fraction of sp³-hybridized carbons (Fsp3) is 0.579. The summed E-state index contributed by atoms with van der Waals surface area (Å²) in [7, 11) is 0. The molecule has 1 aromatic carbocycles. The number of pyridine rings is 1. The van der Waals surface area contributed by atoms with Gasteiger partial charge in [0.1, 0.15) is 22.4 Å². The number of fused-ring (bicyclic) bond motifs is 6. The Morgan fingerprint density at radius 2 is 1.84 bits per heavy atom. The molecule has 4 aliphatic rings. The maximum Gasteiger partial charge on any atom is 0.228 e. The summed E-state index contributed by atoms with van der Waals surface area (Å²) in [5.74, 6) is 0.589. The van der Waals surface area contributed by atoms with Crippen molar-refractivity contribution in [2.24, 2.45) is 11.3 Å². The largest absolute Gasteiger partial charge is 0.392 e. The van der Waals surface area contributed by atoms with E-state index in [0.717, 1.165) is 93.6 Å². The number of anilines is 3. The number of piperazine rings is 1. The van der Waals surface area contributed by atoms with Crippen LogP contribution in [0.15, 0.2) is 6.20 Å². The number of nitriles is 1. The predicted molar refractivity (Wildman–Crippen MR) is 197 cm³/mol. The van der Waals surface area contributed by atoms with E-state index in [0.29, 0.717) is 29.4 Å². The van der Waals surface area contributed by atoms with E-state index in [1.807, 2.05) is 6.92 Å². The molecule has 3 N–H and O–H groups in total. The molecule has 8 rings (SSSR count). The van der Waals surface area contributed by atoms with Crippen LogP contribution in [0.3, 0.4) is 0 Å². The zero-order chi connectivity index (χ0) is 35.8. The number of aliphatic hydroxyl groups is 1. The highest BCUT2D eigenvalue weighted by molar-refractivity contribution is 7.23. The smallest absolute Gasteiger partial charge is 0.228 e. The topological polar surface area (TPSA) is 128 Å². The number of thiophene rings is 1. The van der Waals surface area contributed by atoms with Crippen molar-refractivity contribution in [1.82, 2.24) is 19.9 Å². The van der Waals surface area contributed by atoms with Gasteiger partial charge in [0.2, 0.25) is 5.95 Å². The van der Waals surface area contributed by atoms with Crippen molar-refractivity contribution >= 4 is 49.1 Å². The van der Waals surface area contributed by atoms with Crippen LogP contribution in [0.4, 0.5) is 25.5 Å². The molecule has 0 amide bonds. The molecule has 4 aromatic rings. The number of halogens is 2. The molecular weight excluding hydrogens is 671 g/mol. The highest BCUT2D eigenvalue weighted by Crippen LogP contribution is 2.50. The Morgan fingerprint density at radius 1 is 1.12 bits per heavy atom. The number of likely N-dealkylation sites (tertiary alicyclic amines) is 1. The molecule has 3 fully saturated rings. The van der Waals surface area contributed by atoms with E-state index in [1.54, 1.807) is 0 Å². The Hall–Kier alpha value is -3.70. The second-order valence-electron chi connectivity index (χ2n) is 15.3. The molecule has 3 saturated heterocycles. The second-order valence-corrected chi connectivity index (χ2v) is 16.4. The number of nitrogen functional groups attached to an aromatic ring is 1. The van der Waals surface area contributed by atoms with Gasteiger partial charge < -0.3 is 25.4 Å². The van der Waals surface area contributed by atoms with Gasteiger partial charge in [-0.3, -0.25) is 9.88 Å². The van der Waals surface area contributed by atoms with Gasteiger partial charge in [-0.2, -0.15) is 10.2 Å². The standard InChI is InChI=1S/C38H46F2N8O2S/c1-5-7-10-38(20(3)6-2)18-47(19-38)37-44-33-30(36(45-37)48-22-8-9-23(48)15-46(14-22)13-21(4)49)26-17-50-16-25(26)28(31(33)40)32-29-24(11-41)35(42)51-34(29)27(39)12-43-32/h12,20-23,49H,5-10,13-19,42H2,1-4H3. The lowest BCUT2D eigenvalue weighted by atomic mass is 9.66. The molecule has 4 atom stereocenters. The third-order valence-corrected chi connectivity index (χ3v) is 13.1. The molecule has 2 bridgehead atoms. The van der Waals surface area contributed by atoms with E-state index in [9.17, 15) is 10.4 Å². The number of hydrogen-bond acceptors (Lipinski definition) is 11. The average molecular weight is 717 g/mol. The summed E-state index contributed by atoms with van der Waals surface area (Å²) >= 11 is 0.968. The lowest BCUT2D eigenvalue weighted by molar-refractivity contribution is 0.100. The summed E-state index contributed by atoms with van der Waals surface area (Å²) in [6.45, 7) is 12.8. The van der Waals surface area contributed by atoms with Crippen molar-refractivity contribution < 1.29 is 18.6 Å². The third kappa shape index (κ3) is 5.43. The van der Waals surface area contributed by atoms with Gasteiger partial charge in [-0.1, -0.05) is 40.0 Å². The molecule has 0 aliphatic carbocycles. The number of aromatic nitrogens is 3. The number of ether oxygens (including phenoxy) is 1. The van der Waals surface area contributed by atoms with E-state index < -0.39 is 17.7 Å². The molecule has 4 unspecified atom stereocenters. The number of nitrogens with two attached hydrogens (primary N) is 1. The van der Waals surface area contributed by atoms with E-state index >= 15 is 8.78 Å². The summed E-state index contributed by atoms with van der Waals surface area (Å²) in [4.78, 5) is 21.7. The number of nitrogens with zero attached hydrogens (tertiary/aromatic N) is 7. The van der Waals surface area contributed by atoms with Gasteiger partial charge in [0.05, 0.1) is 46.9 Å². The number of unbranched alkanes of at least 4 members (excludes halogenated alkanes) is 1. The van der Waals surface area contributed by atoms with Crippen LogP contribution in [-0.4, -0.2) is 75.9 Å². The van der Waals surface area contributed by atoms with Gasteiger partial charge in [0, 0.05) is 61.2 Å². The van der Waals surface area contributed by atoms with Crippen LogP contribution < -0.4 is 15.5 Å². The normalized spacial score (nSPS) is 22.4.